The van der Waals surface area contributed by atoms with Crippen LogP contribution in [0, 0.1) is 17.5 Å². The second kappa shape index (κ2) is 3.83. The summed E-state index contributed by atoms with van der Waals surface area (Å²) in [7, 11) is 0. The van der Waals surface area contributed by atoms with Crippen molar-refractivity contribution >= 4 is 11.2 Å². The summed E-state index contributed by atoms with van der Waals surface area (Å²) in [5.74, 6) is -3.00. The molecular weight excluding hydrogens is 243 g/mol. The molecule has 2 aromatic heterocycles. The van der Waals surface area contributed by atoms with Gasteiger partial charge in [0.2, 0.25) is 0 Å². The highest BCUT2D eigenvalue weighted by Crippen LogP contribution is 2.25. The van der Waals surface area contributed by atoms with Crippen LogP contribution in [0.5, 0.6) is 0 Å². The first-order valence-corrected chi connectivity index (χ1v) is 5.11. The molecule has 0 fully saturated rings. The van der Waals surface area contributed by atoms with E-state index in [1.54, 1.807) is 12.1 Å². The normalized spacial score (nSPS) is 11.1. The molecule has 2 heterocycles. The molecule has 3 aromatic rings. The number of nitrogens with zero attached hydrogens (tertiary/aromatic N) is 2. The lowest BCUT2D eigenvalue weighted by Gasteiger charge is -2.01. The Balaban J connectivity index is 2.26. The van der Waals surface area contributed by atoms with Crippen molar-refractivity contribution in [1.82, 2.24) is 15.0 Å². The zero-order valence-electron chi connectivity index (χ0n) is 8.92. The van der Waals surface area contributed by atoms with E-state index in [0.29, 0.717) is 23.3 Å². The Morgan fingerprint density at radius 1 is 1.06 bits per heavy atom. The molecule has 1 N–H and O–H groups in total. The van der Waals surface area contributed by atoms with Crippen LogP contribution >= 0.6 is 0 Å². The molecule has 6 heteroatoms. The summed E-state index contributed by atoms with van der Waals surface area (Å²) in [6, 6.07) is 4.57. The van der Waals surface area contributed by atoms with E-state index in [2.05, 4.69) is 15.0 Å². The molecule has 0 spiro atoms. The molecular formula is C12H6F3N3. The van der Waals surface area contributed by atoms with Gasteiger partial charge in [0.15, 0.2) is 5.65 Å². The fourth-order valence-electron chi connectivity index (χ4n) is 1.73. The first-order valence-electron chi connectivity index (χ1n) is 5.11. The predicted octanol–water partition coefficient (Wildman–Crippen LogP) is 3.04. The van der Waals surface area contributed by atoms with Crippen LogP contribution in [0.2, 0.25) is 0 Å². The van der Waals surface area contributed by atoms with Crippen molar-refractivity contribution in [3.05, 3.63) is 47.9 Å². The zero-order valence-corrected chi connectivity index (χ0v) is 8.92. The molecule has 90 valence electrons. The van der Waals surface area contributed by atoms with Crippen LogP contribution in [-0.4, -0.2) is 15.0 Å². The molecule has 3 rings (SSSR count). The average Bonchev–Trinajstić information content (AvgIpc) is 2.70. The maximum Gasteiger partial charge on any atom is 0.178 e. The second-order valence-electron chi connectivity index (χ2n) is 3.70. The van der Waals surface area contributed by atoms with E-state index in [9.17, 15) is 13.2 Å². The Labute approximate surface area is 99.3 Å². The standard InChI is InChI=1S/C12H6F3N3/c13-6-4-7(14)10(8(15)5-6)12-17-9-2-1-3-16-11(9)18-12/h1-5H,(H,16,17,18). The van der Waals surface area contributed by atoms with Crippen LogP contribution in [0.1, 0.15) is 0 Å². The number of hydrogen-bond acceptors (Lipinski definition) is 2. The predicted molar refractivity (Wildman–Crippen MR) is 59.2 cm³/mol. The fraction of sp³-hybridized carbons (Fsp3) is 0. The minimum Gasteiger partial charge on any atom is -0.336 e. The van der Waals surface area contributed by atoms with Gasteiger partial charge < -0.3 is 4.98 Å². The van der Waals surface area contributed by atoms with Gasteiger partial charge in [0, 0.05) is 18.3 Å². The van der Waals surface area contributed by atoms with Crippen LogP contribution in [0.4, 0.5) is 13.2 Å². The number of H-pyrrole nitrogens is 1. The van der Waals surface area contributed by atoms with Crippen molar-refractivity contribution in [3.8, 4) is 11.4 Å². The van der Waals surface area contributed by atoms with E-state index in [-0.39, 0.29) is 5.82 Å². The van der Waals surface area contributed by atoms with Crippen LogP contribution in [0.25, 0.3) is 22.6 Å². The van der Waals surface area contributed by atoms with Gasteiger partial charge in [-0.05, 0) is 12.1 Å². The lowest BCUT2D eigenvalue weighted by Crippen LogP contribution is -1.93. The molecule has 0 radical (unpaired) electrons. The van der Waals surface area contributed by atoms with E-state index < -0.39 is 23.0 Å². The molecule has 0 aliphatic heterocycles. The van der Waals surface area contributed by atoms with Gasteiger partial charge in [-0.25, -0.2) is 23.1 Å². The van der Waals surface area contributed by atoms with Gasteiger partial charge in [-0.1, -0.05) is 0 Å². The van der Waals surface area contributed by atoms with E-state index in [1.807, 2.05) is 0 Å². The van der Waals surface area contributed by atoms with Gasteiger partial charge in [-0.2, -0.15) is 0 Å². The molecule has 0 unspecified atom stereocenters. The monoisotopic (exact) mass is 249 g/mol. The van der Waals surface area contributed by atoms with Crippen LogP contribution in [-0.2, 0) is 0 Å². The summed E-state index contributed by atoms with van der Waals surface area (Å²) in [4.78, 5) is 10.6. The third kappa shape index (κ3) is 1.62. The van der Waals surface area contributed by atoms with Crippen LogP contribution in [0.3, 0.4) is 0 Å². The van der Waals surface area contributed by atoms with Crippen molar-refractivity contribution in [1.29, 1.82) is 0 Å². The van der Waals surface area contributed by atoms with Gasteiger partial charge in [0.05, 0.1) is 11.1 Å². The maximum absolute atomic E-state index is 13.6. The molecule has 0 aliphatic rings. The Bertz CT molecular complexity index is 680. The summed E-state index contributed by atoms with van der Waals surface area (Å²) in [5, 5.41) is 0. The third-order valence-electron chi connectivity index (χ3n) is 2.50. The van der Waals surface area contributed by atoms with Crippen LogP contribution < -0.4 is 0 Å². The lowest BCUT2D eigenvalue weighted by molar-refractivity contribution is 0.547. The van der Waals surface area contributed by atoms with E-state index in [1.165, 1.54) is 6.20 Å². The number of hydrogen-bond donors (Lipinski definition) is 1. The largest absolute Gasteiger partial charge is 0.336 e. The average molecular weight is 249 g/mol. The Morgan fingerprint density at radius 2 is 1.78 bits per heavy atom. The summed E-state index contributed by atoms with van der Waals surface area (Å²) in [5.41, 5.74) is 0.501. The minimum atomic E-state index is -1.01. The van der Waals surface area contributed by atoms with Gasteiger partial charge >= 0.3 is 0 Å². The molecule has 18 heavy (non-hydrogen) atoms. The van der Waals surface area contributed by atoms with Crippen molar-refractivity contribution in [2.75, 3.05) is 0 Å². The van der Waals surface area contributed by atoms with Crippen molar-refractivity contribution in [2.45, 2.75) is 0 Å². The molecule has 0 saturated heterocycles. The molecule has 0 amide bonds. The number of nitrogens with one attached hydrogen (secondary N) is 1. The molecule has 0 bridgehead atoms. The molecule has 0 saturated carbocycles. The van der Waals surface area contributed by atoms with Gasteiger partial charge in [-0.15, -0.1) is 0 Å². The molecule has 0 atom stereocenters. The second-order valence-corrected chi connectivity index (χ2v) is 3.70. The lowest BCUT2D eigenvalue weighted by atomic mass is 10.2. The van der Waals surface area contributed by atoms with Crippen molar-refractivity contribution in [3.63, 3.8) is 0 Å². The number of aromatic amines is 1. The van der Waals surface area contributed by atoms with Crippen LogP contribution in [0.15, 0.2) is 30.5 Å². The van der Waals surface area contributed by atoms with E-state index in [4.69, 9.17) is 0 Å². The number of benzene rings is 1. The quantitative estimate of drug-likeness (QED) is 0.720. The van der Waals surface area contributed by atoms with E-state index in [0.717, 1.165) is 0 Å². The number of imidazole rings is 1. The molecule has 1 aromatic carbocycles. The minimum absolute atomic E-state index is 0.0151. The van der Waals surface area contributed by atoms with Gasteiger partial charge in [0.25, 0.3) is 0 Å². The Kier molecular flexibility index (Phi) is 2.29. The highest BCUT2D eigenvalue weighted by molar-refractivity contribution is 5.75. The topological polar surface area (TPSA) is 41.6 Å². The highest BCUT2D eigenvalue weighted by atomic mass is 19.1. The SMILES string of the molecule is Fc1cc(F)c(-c2nc3ncccc3[nH]2)c(F)c1. The molecule has 3 nitrogen and oxygen atoms in total. The number of fused-ring (bicyclic) bond motifs is 1. The summed E-state index contributed by atoms with van der Waals surface area (Å²) < 4.78 is 39.9. The number of aromatic nitrogens is 3. The van der Waals surface area contributed by atoms with Crippen molar-refractivity contribution < 1.29 is 13.2 Å². The third-order valence-corrected chi connectivity index (χ3v) is 2.50. The van der Waals surface area contributed by atoms with Gasteiger partial charge in [-0.3, -0.25) is 0 Å². The highest BCUT2D eigenvalue weighted by Gasteiger charge is 2.17. The first kappa shape index (κ1) is 10.8. The fourth-order valence-corrected chi connectivity index (χ4v) is 1.73. The van der Waals surface area contributed by atoms with E-state index >= 15 is 0 Å². The first-order chi connectivity index (χ1) is 8.65. The molecule has 0 aliphatic carbocycles. The Morgan fingerprint density at radius 3 is 2.44 bits per heavy atom. The maximum atomic E-state index is 13.6. The smallest absolute Gasteiger partial charge is 0.178 e. The number of pyridine rings is 1. The summed E-state index contributed by atoms with van der Waals surface area (Å²) in [6.07, 6.45) is 1.52. The summed E-state index contributed by atoms with van der Waals surface area (Å²) >= 11 is 0. The number of rotatable bonds is 1. The Hall–Kier alpha value is -2.37. The summed E-state index contributed by atoms with van der Waals surface area (Å²) in [6.45, 7) is 0. The van der Waals surface area contributed by atoms with Gasteiger partial charge in [0.1, 0.15) is 23.3 Å². The zero-order chi connectivity index (χ0) is 12.7. The number of halogens is 3. The van der Waals surface area contributed by atoms with Crippen molar-refractivity contribution in [2.24, 2.45) is 0 Å².